The fourth-order valence-corrected chi connectivity index (χ4v) is 2.96. The highest BCUT2D eigenvalue weighted by Gasteiger charge is 2.25. The molecule has 0 aliphatic rings. The van der Waals surface area contributed by atoms with Crippen molar-refractivity contribution >= 4 is 18.5 Å². The first-order valence-corrected chi connectivity index (χ1v) is 9.13. The summed E-state index contributed by atoms with van der Waals surface area (Å²) < 4.78 is 6.10. The van der Waals surface area contributed by atoms with Gasteiger partial charge < -0.3 is 25.0 Å². The molecule has 1 unspecified atom stereocenters. The van der Waals surface area contributed by atoms with Crippen LogP contribution in [0.15, 0.2) is 24.3 Å². The van der Waals surface area contributed by atoms with Gasteiger partial charge >= 0.3 is 0 Å². The molecular formula is C18H29N4O6+. The van der Waals surface area contributed by atoms with Crippen molar-refractivity contribution in [3.63, 3.8) is 0 Å². The van der Waals surface area contributed by atoms with Crippen LogP contribution in [0, 0.1) is 10.1 Å². The van der Waals surface area contributed by atoms with Crippen LogP contribution in [0.1, 0.15) is 12.8 Å². The number of carbonyl (C=O) groups is 2. The predicted octanol–water partition coefficient (Wildman–Crippen LogP) is 0.0533. The Morgan fingerprint density at radius 1 is 1.14 bits per heavy atom. The molecular weight excluding hydrogens is 368 g/mol. The van der Waals surface area contributed by atoms with E-state index in [0.29, 0.717) is 42.7 Å². The third-order valence-electron chi connectivity index (χ3n) is 4.35. The van der Waals surface area contributed by atoms with Gasteiger partial charge in [0, 0.05) is 38.1 Å². The lowest BCUT2D eigenvalue weighted by Gasteiger charge is -2.36. The highest BCUT2D eigenvalue weighted by Crippen LogP contribution is 2.17. The molecule has 0 spiro atoms. The van der Waals surface area contributed by atoms with Crippen LogP contribution in [0.5, 0.6) is 5.75 Å². The molecule has 2 amide bonds. The van der Waals surface area contributed by atoms with Gasteiger partial charge in [0.2, 0.25) is 12.8 Å². The van der Waals surface area contributed by atoms with Crippen molar-refractivity contribution in [3.05, 3.63) is 34.4 Å². The quantitative estimate of drug-likeness (QED) is 0.119. The molecule has 0 heterocycles. The monoisotopic (exact) mass is 397 g/mol. The summed E-state index contributed by atoms with van der Waals surface area (Å²) in [7, 11) is 2.01. The molecule has 1 aromatic rings. The molecule has 0 aromatic heterocycles. The molecule has 0 aliphatic heterocycles. The van der Waals surface area contributed by atoms with Crippen LogP contribution in [0.2, 0.25) is 0 Å². The Morgan fingerprint density at radius 2 is 1.68 bits per heavy atom. The maximum Gasteiger partial charge on any atom is 0.269 e. The maximum absolute atomic E-state index is 10.7. The predicted molar refractivity (Wildman–Crippen MR) is 103 cm³/mol. The Kier molecular flexibility index (Phi) is 10.5. The minimum atomic E-state index is -0.738. The summed E-state index contributed by atoms with van der Waals surface area (Å²) in [5.74, 6) is 0.448. The fourth-order valence-electron chi connectivity index (χ4n) is 2.96. The Balaban J connectivity index is 2.54. The van der Waals surface area contributed by atoms with Gasteiger partial charge in [-0.25, -0.2) is 0 Å². The first-order chi connectivity index (χ1) is 13.4. The van der Waals surface area contributed by atoms with E-state index in [1.807, 2.05) is 7.05 Å². The number of aliphatic hydroxyl groups is 1. The molecule has 3 N–H and O–H groups in total. The number of likely N-dealkylation sites (N-methyl/N-ethyl adjacent to an activating group) is 1. The van der Waals surface area contributed by atoms with Crippen LogP contribution < -0.4 is 15.4 Å². The lowest BCUT2D eigenvalue weighted by Crippen LogP contribution is -2.52. The third-order valence-corrected chi connectivity index (χ3v) is 4.35. The van der Waals surface area contributed by atoms with Crippen molar-refractivity contribution in [2.24, 2.45) is 0 Å². The molecule has 0 bridgehead atoms. The van der Waals surface area contributed by atoms with Crippen molar-refractivity contribution in [2.45, 2.75) is 18.9 Å². The van der Waals surface area contributed by atoms with E-state index in [1.54, 1.807) is 0 Å². The first kappa shape index (κ1) is 23.3. The number of hydrogen-bond acceptors (Lipinski definition) is 6. The van der Waals surface area contributed by atoms with Crippen molar-refractivity contribution in [1.82, 2.24) is 10.6 Å². The molecule has 1 rings (SSSR count). The molecule has 1 aromatic carbocycles. The molecule has 0 saturated heterocycles. The lowest BCUT2D eigenvalue weighted by molar-refractivity contribution is -0.912. The number of nitrogens with one attached hydrogen (secondary N) is 2. The zero-order valence-electron chi connectivity index (χ0n) is 16.1. The summed E-state index contributed by atoms with van der Waals surface area (Å²) in [5, 5.41) is 26.3. The van der Waals surface area contributed by atoms with E-state index >= 15 is 0 Å². The number of carbonyl (C=O) groups excluding carboxylic acids is 2. The Hall–Kier alpha value is -2.72. The van der Waals surface area contributed by atoms with Gasteiger partial charge in [0.25, 0.3) is 5.69 Å². The summed E-state index contributed by atoms with van der Waals surface area (Å²) >= 11 is 0. The smallest absolute Gasteiger partial charge is 0.269 e. The fraction of sp³-hybridized carbons (Fsp3) is 0.556. The summed E-state index contributed by atoms with van der Waals surface area (Å²) in [6.07, 6.45) is 2.09. The summed E-state index contributed by atoms with van der Waals surface area (Å²) in [6, 6.07) is 5.69. The Morgan fingerprint density at radius 3 is 2.14 bits per heavy atom. The standard InChI is InChI=1S/C18H28N4O6/c1-22(10-2-8-19-14-23,11-3-9-20-15-24)12-17(25)13-28-18-6-4-16(5-7-18)21(26)27/h4-7,14-15,17,25H,2-3,8-13H2,1H3,(H-,19,20,23,24)/p+1. The normalized spacial score (nSPS) is 12.1. The second-order valence-electron chi connectivity index (χ2n) is 6.82. The van der Waals surface area contributed by atoms with E-state index in [1.165, 1.54) is 24.3 Å². The second kappa shape index (κ2) is 12.6. The minimum Gasteiger partial charge on any atom is -0.491 e. The van der Waals surface area contributed by atoms with Gasteiger partial charge in [-0.15, -0.1) is 0 Å². The number of aliphatic hydroxyl groups excluding tert-OH is 1. The topological polar surface area (TPSA) is 131 Å². The van der Waals surface area contributed by atoms with Gasteiger partial charge in [0.05, 0.1) is 25.1 Å². The molecule has 28 heavy (non-hydrogen) atoms. The van der Waals surface area contributed by atoms with Crippen molar-refractivity contribution < 1.29 is 28.8 Å². The van der Waals surface area contributed by atoms with Gasteiger partial charge in [0.1, 0.15) is 25.0 Å². The Labute approximate surface area is 164 Å². The maximum atomic E-state index is 10.7. The van der Waals surface area contributed by atoms with Gasteiger partial charge in [-0.05, 0) is 12.1 Å². The number of nitro benzene ring substituents is 1. The van der Waals surface area contributed by atoms with Crippen LogP contribution in [0.4, 0.5) is 5.69 Å². The van der Waals surface area contributed by atoms with E-state index in [9.17, 15) is 24.8 Å². The zero-order valence-corrected chi connectivity index (χ0v) is 16.1. The highest BCUT2D eigenvalue weighted by molar-refractivity contribution is 5.45. The van der Waals surface area contributed by atoms with E-state index in [0.717, 1.165) is 25.9 Å². The van der Waals surface area contributed by atoms with Crippen molar-refractivity contribution in [3.8, 4) is 5.75 Å². The minimum absolute atomic E-state index is 0.0231. The molecule has 0 aliphatic carbocycles. The average molecular weight is 397 g/mol. The van der Waals surface area contributed by atoms with Gasteiger partial charge in [-0.3, -0.25) is 19.7 Å². The number of non-ortho nitro benzene ring substituents is 1. The molecule has 10 heteroatoms. The van der Waals surface area contributed by atoms with E-state index in [2.05, 4.69) is 10.6 Å². The zero-order chi connectivity index (χ0) is 20.8. The highest BCUT2D eigenvalue weighted by atomic mass is 16.6. The molecule has 156 valence electrons. The molecule has 0 saturated carbocycles. The number of rotatable bonds is 16. The van der Waals surface area contributed by atoms with Crippen LogP contribution in [-0.2, 0) is 9.59 Å². The van der Waals surface area contributed by atoms with Crippen molar-refractivity contribution in [2.75, 3.05) is 46.4 Å². The Bertz CT molecular complexity index is 595. The number of ether oxygens (including phenoxy) is 1. The lowest BCUT2D eigenvalue weighted by atomic mass is 10.2. The molecule has 1 atom stereocenters. The SMILES string of the molecule is C[N+](CCCNC=O)(CCCNC=O)CC(O)COc1ccc([N+](=O)[O-])cc1. The van der Waals surface area contributed by atoms with Gasteiger partial charge in [-0.1, -0.05) is 0 Å². The van der Waals surface area contributed by atoms with E-state index in [4.69, 9.17) is 4.74 Å². The number of benzene rings is 1. The number of quaternary nitrogens is 1. The van der Waals surface area contributed by atoms with Crippen molar-refractivity contribution in [1.29, 1.82) is 0 Å². The summed E-state index contributed by atoms with van der Waals surface area (Å²) in [4.78, 5) is 30.9. The molecule has 10 nitrogen and oxygen atoms in total. The van der Waals surface area contributed by atoms with Crippen LogP contribution in [0.25, 0.3) is 0 Å². The number of nitrogens with zero attached hydrogens (tertiary/aromatic N) is 2. The summed E-state index contributed by atoms with van der Waals surface area (Å²) in [5.41, 5.74) is -0.0231. The number of amides is 2. The number of hydrogen-bond donors (Lipinski definition) is 3. The largest absolute Gasteiger partial charge is 0.491 e. The number of nitro groups is 1. The summed E-state index contributed by atoms with van der Waals surface area (Å²) in [6.45, 7) is 3.10. The first-order valence-electron chi connectivity index (χ1n) is 9.13. The third kappa shape index (κ3) is 9.28. The average Bonchev–Trinajstić information content (AvgIpc) is 2.67. The van der Waals surface area contributed by atoms with Crippen LogP contribution in [-0.4, -0.2) is 79.8 Å². The van der Waals surface area contributed by atoms with Crippen LogP contribution >= 0.6 is 0 Å². The molecule has 0 radical (unpaired) electrons. The molecule has 0 fully saturated rings. The van der Waals surface area contributed by atoms with Crippen LogP contribution in [0.3, 0.4) is 0 Å². The second-order valence-corrected chi connectivity index (χ2v) is 6.82. The van der Waals surface area contributed by atoms with E-state index < -0.39 is 11.0 Å². The van der Waals surface area contributed by atoms with Gasteiger partial charge in [-0.2, -0.15) is 0 Å². The van der Waals surface area contributed by atoms with E-state index in [-0.39, 0.29) is 12.3 Å². The van der Waals surface area contributed by atoms with Gasteiger partial charge in [0.15, 0.2) is 0 Å².